The van der Waals surface area contributed by atoms with Crippen LogP contribution in [0.1, 0.15) is 18.5 Å². The average Bonchev–Trinajstić information content (AvgIpc) is 3.39. The van der Waals surface area contributed by atoms with E-state index in [0.717, 1.165) is 41.5 Å². The molecule has 1 unspecified atom stereocenters. The molecule has 2 amide bonds. The van der Waals surface area contributed by atoms with E-state index in [1.165, 1.54) is 0 Å². The number of nitrogens with zero attached hydrogens (tertiary/aromatic N) is 2. The van der Waals surface area contributed by atoms with E-state index < -0.39 is 0 Å². The number of benzene rings is 1. The Morgan fingerprint density at radius 3 is 3.04 bits per heavy atom. The quantitative estimate of drug-likeness (QED) is 0.653. The van der Waals surface area contributed by atoms with Crippen LogP contribution in [-0.4, -0.2) is 41.3 Å². The summed E-state index contributed by atoms with van der Waals surface area (Å²) >= 11 is 1.60. The van der Waals surface area contributed by atoms with Gasteiger partial charge in [0.15, 0.2) is 4.96 Å². The maximum absolute atomic E-state index is 12.0. The Morgan fingerprint density at radius 1 is 1.37 bits per heavy atom. The number of amides is 2. The van der Waals surface area contributed by atoms with Gasteiger partial charge >= 0.3 is 6.03 Å². The number of ether oxygens (including phenoxy) is 2. The number of thiazole rings is 1. The van der Waals surface area contributed by atoms with E-state index in [2.05, 4.69) is 15.6 Å². The molecule has 4 rings (SSSR count). The fraction of sp³-hybridized carbons (Fsp3) is 0.368. The molecule has 0 aliphatic carbocycles. The highest BCUT2D eigenvalue weighted by atomic mass is 32.1. The van der Waals surface area contributed by atoms with Crippen LogP contribution >= 0.6 is 11.3 Å². The van der Waals surface area contributed by atoms with Crippen LogP contribution in [0.3, 0.4) is 0 Å². The van der Waals surface area contributed by atoms with Crippen molar-refractivity contribution in [2.45, 2.75) is 25.4 Å². The van der Waals surface area contributed by atoms with E-state index in [0.29, 0.717) is 19.6 Å². The Balaban J connectivity index is 1.18. The number of hydrogen-bond donors (Lipinski definition) is 2. The van der Waals surface area contributed by atoms with Crippen molar-refractivity contribution in [3.05, 3.63) is 47.7 Å². The van der Waals surface area contributed by atoms with Gasteiger partial charge in [0, 0.05) is 43.0 Å². The molecule has 1 atom stereocenters. The van der Waals surface area contributed by atoms with Gasteiger partial charge in [-0.3, -0.25) is 4.40 Å². The molecule has 8 heteroatoms. The summed E-state index contributed by atoms with van der Waals surface area (Å²) in [5.41, 5.74) is 1.69. The normalized spacial score (nSPS) is 16.5. The maximum Gasteiger partial charge on any atom is 0.319 e. The zero-order chi connectivity index (χ0) is 18.5. The van der Waals surface area contributed by atoms with Crippen LogP contribution in [0.4, 0.5) is 10.5 Å². The summed E-state index contributed by atoms with van der Waals surface area (Å²) in [6.07, 6.45) is 7.01. The third-order valence-corrected chi connectivity index (χ3v) is 5.15. The van der Waals surface area contributed by atoms with E-state index in [-0.39, 0.29) is 12.1 Å². The second-order valence-corrected chi connectivity index (χ2v) is 7.30. The second kappa shape index (κ2) is 8.41. The zero-order valence-corrected chi connectivity index (χ0v) is 15.7. The van der Waals surface area contributed by atoms with E-state index in [1.54, 1.807) is 11.3 Å². The van der Waals surface area contributed by atoms with Gasteiger partial charge in [0.2, 0.25) is 0 Å². The molecule has 2 N–H and O–H groups in total. The van der Waals surface area contributed by atoms with Crippen molar-refractivity contribution < 1.29 is 14.3 Å². The van der Waals surface area contributed by atoms with Gasteiger partial charge in [-0.15, -0.1) is 11.3 Å². The summed E-state index contributed by atoms with van der Waals surface area (Å²) in [6.45, 7) is 1.92. The number of rotatable bonds is 7. The monoisotopic (exact) mass is 386 g/mol. The summed E-state index contributed by atoms with van der Waals surface area (Å²) < 4.78 is 13.2. The SMILES string of the molecule is O=C(NCCc1cn2ccsc2n1)Nc1ccc(OCC2CCCO2)cc1. The van der Waals surface area contributed by atoms with Crippen LogP contribution in [0.25, 0.3) is 4.96 Å². The van der Waals surface area contributed by atoms with Gasteiger partial charge in [-0.05, 0) is 37.1 Å². The Hall–Kier alpha value is -2.58. The molecule has 1 fully saturated rings. The molecule has 1 aliphatic rings. The summed E-state index contributed by atoms with van der Waals surface area (Å²) in [5.74, 6) is 0.774. The standard InChI is InChI=1S/C19H22N4O3S/c24-18(20-8-7-15-12-23-9-11-27-19(23)22-15)21-14-3-5-16(6-4-14)26-13-17-2-1-10-25-17/h3-6,9,11-12,17H,1-2,7-8,10,13H2,(H2,20,21,24). The number of anilines is 1. The number of nitrogens with one attached hydrogen (secondary N) is 2. The number of urea groups is 1. The van der Waals surface area contributed by atoms with Crippen molar-refractivity contribution in [1.29, 1.82) is 0 Å². The molecule has 0 saturated carbocycles. The second-order valence-electron chi connectivity index (χ2n) is 6.43. The fourth-order valence-corrected chi connectivity index (χ4v) is 3.69. The van der Waals surface area contributed by atoms with Crippen LogP contribution in [0.2, 0.25) is 0 Å². The van der Waals surface area contributed by atoms with Gasteiger partial charge in [0.25, 0.3) is 0 Å². The molecule has 2 aromatic heterocycles. The van der Waals surface area contributed by atoms with Crippen LogP contribution in [0.5, 0.6) is 5.75 Å². The van der Waals surface area contributed by atoms with E-state index >= 15 is 0 Å². The Labute approximate surface area is 161 Å². The smallest absolute Gasteiger partial charge is 0.319 e. The van der Waals surface area contributed by atoms with Crippen molar-refractivity contribution in [2.75, 3.05) is 25.1 Å². The number of hydrogen-bond acceptors (Lipinski definition) is 5. The summed E-state index contributed by atoms with van der Waals surface area (Å²) in [4.78, 5) is 17.5. The minimum Gasteiger partial charge on any atom is -0.491 e. The highest BCUT2D eigenvalue weighted by Gasteiger charge is 2.15. The lowest BCUT2D eigenvalue weighted by Crippen LogP contribution is -2.30. The number of fused-ring (bicyclic) bond motifs is 1. The van der Waals surface area contributed by atoms with Crippen LogP contribution in [0, 0.1) is 0 Å². The number of aromatic nitrogens is 2. The molecular formula is C19H22N4O3S. The number of carbonyl (C=O) groups is 1. The minimum absolute atomic E-state index is 0.194. The lowest BCUT2D eigenvalue weighted by molar-refractivity contribution is 0.0679. The van der Waals surface area contributed by atoms with E-state index in [4.69, 9.17) is 9.47 Å². The molecule has 1 saturated heterocycles. The van der Waals surface area contributed by atoms with Gasteiger partial charge in [-0.25, -0.2) is 9.78 Å². The molecule has 3 heterocycles. The van der Waals surface area contributed by atoms with Gasteiger partial charge in [0.1, 0.15) is 12.4 Å². The molecule has 1 aromatic carbocycles. The molecule has 142 valence electrons. The molecule has 1 aliphatic heterocycles. The lowest BCUT2D eigenvalue weighted by atomic mass is 10.2. The Morgan fingerprint density at radius 2 is 2.26 bits per heavy atom. The number of imidazole rings is 1. The summed E-state index contributed by atoms with van der Waals surface area (Å²) in [7, 11) is 0. The third-order valence-electron chi connectivity index (χ3n) is 4.38. The third kappa shape index (κ3) is 4.78. The van der Waals surface area contributed by atoms with Crippen molar-refractivity contribution in [1.82, 2.24) is 14.7 Å². The average molecular weight is 386 g/mol. The van der Waals surface area contributed by atoms with E-state index in [1.807, 2.05) is 46.4 Å². The predicted octanol–water partition coefficient (Wildman–Crippen LogP) is 3.32. The topological polar surface area (TPSA) is 76.9 Å². The maximum atomic E-state index is 12.0. The predicted molar refractivity (Wildman–Crippen MR) is 105 cm³/mol. The first kappa shape index (κ1) is 17.8. The van der Waals surface area contributed by atoms with Crippen molar-refractivity contribution in [3.63, 3.8) is 0 Å². The molecule has 3 aromatic rings. The molecule has 0 radical (unpaired) electrons. The first-order valence-corrected chi connectivity index (χ1v) is 9.94. The summed E-state index contributed by atoms with van der Waals surface area (Å²) in [5, 5.41) is 7.67. The summed E-state index contributed by atoms with van der Waals surface area (Å²) in [6, 6.07) is 7.12. The number of carbonyl (C=O) groups excluding carboxylic acids is 1. The van der Waals surface area contributed by atoms with Gasteiger partial charge in [-0.1, -0.05) is 0 Å². The van der Waals surface area contributed by atoms with Crippen molar-refractivity contribution >= 4 is 28.0 Å². The van der Waals surface area contributed by atoms with Gasteiger partial charge < -0.3 is 20.1 Å². The van der Waals surface area contributed by atoms with Crippen molar-refractivity contribution in [2.24, 2.45) is 0 Å². The Bertz CT molecular complexity index is 855. The minimum atomic E-state index is -0.232. The van der Waals surface area contributed by atoms with E-state index in [9.17, 15) is 4.79 Å². The molecular weight excluding hydrogens is 364 g/mol. The first-order chi connectivity index (χ1) is 13.3. The lowest BCUT2D eigenvalue weighted by Gasteiger charge is -2.12. The molecule has 7 nitrogen and oxygen atoms in total. The Kier molecular flexibility index (Phi) is 5.55. The van der Waals surface area contributed by atoms with Crippen LogP contribution < -0.4 is 15.4 Å². The molecule has 0 bridgehead atoms. The highest BCUT2D eigenvalue weighted by molar-refractivity contribution is 7.15. The molecule has 27 heavy (non-hydrogen) atoms. The first-order valence-electron chi connectivity index (χ1n) is 9.07. The fourth-order valence-electron chi connectivity index (χ4n) is 2.98. The van der Waals surface area contributed by atoms with Crippen LogP contribution in [0.15, 0.2) is 42.0 Å². The largest absolute Gasteiger partial charge is 0.491 e. The molecule has 0 spiro atoms. The van der Waals surface area contributed by atoms with Crippen LogP contribution in [-0.2, 0) is 11.2 Å². The highest BCUT2D eigenvalue weighted by Crippen LogP contribution is 2.18. The van der Waals surface area contributed by atoms with Gasteiger partial charge in [0.05, 0.1) is 11.8 Å². The zero-order valence-electron chi connectivity index (χ0n) is 14.9. The van der Waals surface area contributed by atoms with Crippen molar-refractivity contribution in [3.8, 4) is 5.75 Å². The van der Waals surface area contributed by atoms with Gasteiger partial charge in [-0.2, -0.15) is 0 Å².